The Hall–Kier alpha value is -1.51. The Morgan fingerprint density at radius 2 is 1.87 bits per heavy atom. The molecule has 2 N–H and O–H groups in total. The Morgan fingerprint density at radius 1 is 1.33 bits per heavy atom. The second-order valence-electron chi connectivity index (χ2n) is 4.59. The molecule has 1 radical (unpaired) electrons. The number of carboxylic acids is 1. The van der Waals surface area contributed by atoms with Gasteiger partial charge in [0.05, 0.1) is 0 Å². The van der Waals surface area contributed by atoms with Gasteiger partial charge >= 0.3 is 5.97 Å². The van der Waals surface area contributed by atoms with Crippen molar-refractivity contribution in [2.24, 2.45) is 0 Å². The molecule has 81 valence electrons. The summed E-state index contributed by atoms with van der Waals surface area (Å²) < 4.78 is 0. The van der Waals surface area contributed by atoms with Gasteiger partial charge in [-0.25, -0.2) is 4.79 Å². The number of carboxylic acid groups (broad SMARTS) is 1. The molecule has 0 fully saturated rings. The van der Waals surface area contributed by atoms with Crippen molar-refractivity contribution >= 4 is 5.97 Å². The quantitative estimate of drug-likeness (QED) is 0.744. The highest BCUT2D eigenvalue weighted by atomic mass is 16.4. The van der Waals surface area contributed by atoms with E-state index >= 15 is 0 Å². The summed E-state index contributed by atoms with van der Waals surface area (Å²) in [5.74, 6) is -1.30. The molecule has 0 aliphatic heterocycles. The topological polar surface area (TPSA) is 57.5 Å². The first-order valence-electron chi connectivity index (χ1n) is 4.66. The predicted molar refractivity (Wildman–Crippen MR) is 58.2 cm³/mol. The number of hydrogen-bond acceptors (Lipinski definition) is 2. The maximum Gasteiger partial charge on any atom is 0.339 e. The Bertz CT molecular complexity index is 400. The number of benzene rings is 1. The highest BCUT2D eigenvalue weighted by Gasteiger charge is 2.22. The van der Waals surface area contributed by atoms with Gasteiger partial charge in [0.1, 0.15) is 11.3 Å². The molecule has 0 spiro atoms. The molecule has 0 bridgehead atoms. The average Bonchev–Trinajstić information content (AvgIpc) is 2.06. The van der Waals surface area contributed by atoms with Crippen LogP contribution in [0, 0.1) is 6.92 Å². The predicted octanol–water partition coefficient (Wildman–Crippen LogP) is 2.57. The van der Waals surface area contributed by atoms with Gasteiger partial charge in [-0.2, -0.15) is 0 Å². The van der Waals surface area contributed by atoms with Crippen molar-refractivity contribution in [3.8, 4) is 5.75 Å². The molecule has 0 aliphatic carbocycles. The summed E-state index contributed by atoms with van der Waals surface area (Å²) in [6.07, 6.45) is 0. The third-order valence-corrected chi connectivity index (χ3v) is 2.21. The van der Waals surface area contributed by atoms with Crippen molar-refractivity contribution in [2.45, 2.75) is 26.2 Å². The Balaban J connectivity index is 3.49. The number of carbonyl (C=O) groups is 1. The molecule has 0 unspecified atom stereocenters. The summed E-state index contributed by atoms with van der Waals surface area (Å²) in [5, 5.41) is 18.7. The van der Waals surface area contributed by atoms with E-state index in [9.17, 15) is 9.90 Å². The molecule has 0 saturated carbocycles. The average molecular weight is 207 g/mol. The maximum atomic E-state index is 10.9. The van der Waals surface area contributed by atoms with Crippen molar-refractivity contribution in [3.05, 3.63) is 35.7 Å². The molecule has 3 nitrogen and oxygen atoms in total. The van der Waals surface area contributed by atoms with Gasteiger partial charge in [0.25, 0.3) is 0 Å². The van der Waals surface area contributed by atoms with Gasteiger partial charge in [0, 0.05) is 5.56 Å². The third kappa shape index (κ3) is 2.29. The Kier molecular flexibility index (Phi) is 2.75. The zero-order valence-electron chi connectivity index (χ0n) is 9.16. The summed E-state index contributed by atoms with van der Waals surface area (Å²) in [6, 6.07) is 3.08. The number of hydrogen-bond donors (Lipinski definition) is 2. The molecule has 15 heavy (non-hydrogen) atoms. The maximum absolute atomic E-state index is 10.9. The van der Waals surface area contributed by atoms with E-state index < -0.39 is 5.97 Å². The molecule has 0 aliphatic rings. The first-order chi connectivity index (χ1) is 6.73. The summed E-state index contributed by atoms with van der Waals surface area (Å²) in [6.45, 7) is 9.43. The molecule has 3 heteroatoms. The van der Waals surface area contributed by atoms with Crippen LogP contribution in [0.3, 0.4) is 0 Å². The molecule has 0 aromatic heterocycles. The van der Waals surface area contributed by atoms with Crippen molar-refractivity contribution in [2.75, 3.05) is 0 Å². The number of rotatable bonds is 1. The van der Waals surface area contributed by atoms with Gasteiger partial charge < -0.3 is 10.2 Å². The smallest absolute Gasteiger partial charge is 0.339 e. The van der Waals surface area contributed by atoms with Gasteiger partial charge in [-0.3, -0.25) is 0 Å². The molecule has 1 rings (SSSR count). The summed E-state index contributed by atoms with van der Waals surface area (Å²) >= 11 is 0. The minimum absolute atomic E-state index is 0.0903. The zero-order chi connectivity index (χ0) is 11.8. The van der Waals surface area contributed by atoms with Crippen LogP contribution >= 0.6 is 0 Å². The van der Waals surface area contributed by atoms with Gasteiger partial charge in [0.2, 0.25) is 0 Å². The van der Waals surface area contributed by atoms with E-state index in [1.54, 1.807) is 6.07 Å². The van der Waals surface area contributed by atoms with E-state index in [0.29, 0.717) is 11.1 Å². The fourth-order valence-electron chi connectivity index (χ4n) is 1.43. The van der Waals surface area contributed by atoms with Gasteiger partial charge in [0.15, 0.2) is 0 Å². The highest BCUT2D eigenvalue weighted by molar-refractivity contribution is 5.91. The van der Waals surface area contributed by atoms with Crippen molar-refractivity contribution in [1.82, 2.24) is 0 Å². The second kappa shape index (κ2) is 3.57. The van der Waals surface area contributed by atoms with Crippen LogP contribution in [0.25, 0.3) is 0 Å². The lowest BCUT2D eigenvalue weighted by molar-refractivity contribution is 0.0693. The number of phenols is 1. The summed E-state index contributed by atoms with van der Waals surface area (Å²) in [4.78, 5) is 10.9. The number of aromatic carboxylic acids is 1. The first kappa shape index (κ1) is 11.6. The van der Waals surface area contributed by atoms with Crippen LogP contribution in [0.2, 0.25) is 0 Å². The fourth-order valence-corrected chi connectivity index (χ4v) is 1.43. The molecular weight excluding hydrogens is 192 g/mol. The fraction of sp³-hybridized carbons (Fsp3) is 0.333. The standard InChI is InChI=1S/C12H15O3/c1-7-5-8(11(14)15)10(13)9(6-7)12(2,3)4/h5-6,13H,1H2,2-4H3,(H,14,15). The zero-order valence-corrected chi connectivity index (χ0v) is 9.16. The van der Waals surface area contributed by atoms with Crippen molar-refractivity contribution < 1.29 is 15.0 Å². The lowest BCUT2D eigenvalue weighted by atomic mass is 9.84. The van der Waals surface area contributed by atoms with E-state index in [-0.39, 0.29) is 16.7 Å². The van der Waals surface area contributed by atoms with E-state index in [0.717, 1.165) is 0 Å². The molecule has 0 heterocycles. The van der Waals surface area contributed by atoms with E-state index in [1.807, 2.05) is 20.8 Å². The molecular formula is C12H15O3. The van der Waals surface area contributed by atoms with Crippen LogP contribution < -0.4 is 0 Å². The van der Waals surface area contributed by atoms with Crippen molar-refractivity contribution in [1.29, 1.82) is 0 Å². The van der Waals surface area contributed by atoms with Gasteiger partial charge in [-0.1, -0.05) is 26.8 Å². The monoisotopic (exact) mass is 207 g/mol. The van der Waals surface area contributed by atoms with Crippen molar-refractivity contribution in [3.63, 3.8) is 0 Å². The minimum Gasteiger partial charge on any atom is -0.507 e. The lowest BCUT2D eigenvalue weighted by Gasteiger charge is -2.21. The normalized spacial score (nSPS) is 11.5. The molecule has 0 atom stereocenters. The minimum atomic E-state index is -1.14. The first-order valence-corrected chi connectivity index (χ1v) is 4.66. The summed E-state index contributed by atoms with van der Waals surface area (Å²) in [5.41, 5.74) is 0.803. The molecule has 0 saturated heterocycles. The third-order valence-electron chi connectivity index (χ3n) is 2.21. The lowest BCUT2D eigenvalue weighted by Crippen LogP contribution is -2.13. The SMILES string of the molecule is [CH2]c1cc(C(=O)O)c(O)c(C(C)(C)C)c1. The van der Waals surface area contributed by atoms with Crippen LogP contribution in [-0.4, -0.2) is 16.2 Å². The van der Waals surface area contributed by atoms with Crippen LogP contribution in [0.5, 0.6) is 5.75 Å². The van der Waals surface area contributed by atoms with Gasteiger partial charge in [-0.15, -0.1) is 0 Å². The van der Waals surface area contributed by atoms with E-state index in [4.69, 9.17) is 5.11 Å². The summed E-state index contributed by atoms with van der Waals surface area (Å²) in [7, 11) is 0. The molecule has 0 amide bonds. The van der Waals surface area contributed by atoms with E-state index in [1.165, 1.54) is 6.07 Å². The van der Waals surface area contributed by atoms with Gasteiger partial charge in [-0.05, 0) is 24.0 Å². The Morgan fingerprint density at radius 3 is 2.27 bits per heavy atom. The van der Waals surface area contributed by atoms with Crippen LogP contribution in [0.15, 0.2) is 12.1 Å². The molecule has 1 aromatic carbocycles. The second-order valence-corrected chi connectivity index (χ2v) is 4.59. The largest absolute Gasteiger partial charge is 0.507 e. The molecule has 1 aromatic rings. The Labute approximate surface area is 89.4 Å². The van der Waals surface area contributed by atoms with Crippen LogP contribution in [0.4, 0.5) is 0 Å². The highest BCUT2D eigenvalue weighted by Crippen LogP contribution is 2.34. The van der Waals surface area contributed by atoms with E-state index in [2.05, 4.69) is 6.92 Å². The number of aromatic hydroxyl groups is 1. The van der Waals surface area contributed by atoms with Crippen LogP contribution in [-0.2, 0) is 5.41 Å². The van der Waals surface area contributed by atoms with Crippen LogP contribution in [0.1, 0.15) is 42.3 Å².